The molecule has 98 valence electrons. The van der Waals surface area contributed by atoms with Crippen molar-refractivity contribution in [2.24, 2.45) is 5.73 Å². The van der Waals surface area contributed by atoms with Crippen LogP contribution in [0.1, 0.15) is 38.5 Å². The van der Waals surface area contributed by atoms with Crippen LogP contribution in [0, 0.1) is 0 Å². The van der Waals surface area contributed by atoms with Gasteiger partial charge in [-0.15, -0.1) is 0 Å². The molecule has 2 aliphatic rings. The molecule has 0 radical (unpaired) electrons. The number of carbonyl (C=O) groups is 1. The van der Waals surface area contributed by atoms with Crippen molar-refractivity contribution in [2.75, 3.05) is 19.7 Å². The summed E-state index contributed by atoms with van der Waals surface area (Å²) in [6.07, 6.45) is 7.21. The SMILES string of the molecule is NC(=O)NCCNC1CCOC2(CCCC2)C1. The number of carbonyl (C=O) groups excluding carboxylic acids is 1. The Bertz CT molecular complexity index is 264. The fourth-order valence-electron chi connectivity index (χ4n) is 3.03. The fourth-order valence-corrected chi connectivity index (χ4v) is 3.03. The maximum Gasteiger partial charge on any atom is 0.312 e. The molecule has 0 aromatic rings. The van der Waals surface area contributed by atoms with Crippen molar-refractivity contribution >= 4 is 6.03 Å². The van der Waals surface area contributed by atoms with Crippen LogP contribution in [0.15, 0.2) is 0 Å². The summed E-state index contributed by atoms with van der Waals surface area (Å²) in [4.78, 5) is 10.5. The summed E-state index contributed by atoms with van der Waals surface area (Å²) >= 11 is 0. The topological polar surface area (TPSA) is 76.4 Å². The lowest BCUT2D eigenvalue weighted by Gasteiger charge is -2.38. The predicted octanol–water partition coefficient (Wildman–Crippen LogP) is 0.736. The van der Waals surface area contributed by atoms with Gasteiger partial charge in [0.1, 0.15) is 0 Å². The minimum atomic E-state index is -0.453. The Morgan fingerprint density at radius 3 is 2.82 bits per heavy atom. The first-order chi connectivity index (χ1) is 8.20. The monoisotopic (exact) mass is 241 g/mol. The highest BCUT2D eigenvalue weighted by molar-refractivity contribution is 5.71. The summed E-state index contributed by atoms with van der Waals surface area (Å²) in [5.41, 5.74) is 5.17. The molecule has 2 amide bonds. The van der Waals surface area contributed by atoms with Gasteiger partial charge >= 0.3 is 6.03 Å². The summed E-state index contributed by atoms with van der Waals surface area (Å²) in [5.74, 6) is 0. The molecule has 5 nitrogen and oxygen atoms in total. The van der Waals surface area contributed by atoms with E-state index in [1.807, 2.05) is 0 Å². The number of ether oxygens (including phenoxy) is 1. The van der Waals surface area contributed by atoms with Crippen molar-refractivity contribution < 1.29 is 9.53 Å². The molecule has 2 fully saturated rings. The first-order valence-electron chi connectivity index (χ1n) is 6.61. The molecule has 17 heavy (non-hydrogen) atoms. The Morgan fingerprint density at radius 1 is 1.35 bits per heavy atom. The lowest BCUT2D eigenvalue weighted by Crippen LogP contribution is -2.47. The molecular formula is C12H23N3O2. The zero-order chi connectivity index (χ0) is 12.1. The molecule has 0 bridgehead atoms. The van der Waals surface area contributed by atoms with E-state index in [1.165, 1.54) is 25.7 Å². The molecule has 1 aliphatic carbocycles. The lowest BCUT2D eigenvalue weighted by molar-refractivity contribution is -0.0834. The zero-order valence-electron chi connectivity index (χ0n) is 10.3. The van der Waals surface area contributed by atoms with E-state index in [2.05, 4.69) is 10.6 Å². The summed E-state index contributed by atoms with van der Waals surface area (Å²) in [7, 11) is 0. The molecule has 4 N–H and O–H groups in total. The molecule has 2 rings (SSSR count). The molecule has 5 heteroatoms. The van der Waals surface area contributed by atoms with E-state index in [9.17, 15) is 4.79 Å². The van der Waals surface area contributed by atoms with Crippen LogP contribution in [-0.2, 0) is 4.74 Å². The quantitative estimate of drug-likeness (QED) is 0.635. The van der Waals surface area contributed by atoms with Gasteiger partial charge in [-0.2, -0.15) is 0 Å². The van der Waals surface area contributed by atoms with Gasteiger partial charge in [-0.1, -0.05) is 12.8 Å². The number of hydrogen-bond donors (Lipinski definition) is 3. The largest absolute Gasteiger partial charge is 0.375 e. The lowest BCUT2D eigenvalue weighted by atomic mass is 9.89. The van der Waals surface area contributed by atoms with E-state index in [0.717, 1.165) is 26.0 Å². The normalized spacial score (nSPS) is 27.2. The van der Waals surface area contributed by atoms with E-state index in [1.54, 1.807) is 0 Å². The Morgan fingerprint density at radius 2 is 2.12 bits per heavy atom. The van der Waals surface area contributed by atoms with E-state index in [4.69, 9.17) is 10.5 Å². The summed E-state index contributed by atoms with van der Waals surface area (Å²) < 4.78 is 5.97. The van der Waals surface area contributed by atoms with Gasteiger partial charge in [0, 0.05) is 25.7 Å². The molecule has 1 saturated carbocycles. The number of rotatable bonds is 4. The molecule has 1 heterocycles. The first-order valence-corrected chi connectivity index (χ1v) is 6.61. The van der Waals surface area contributed by atoms with E-state index < -0.39 is 6.03 Å². The number of nitrogens with one attached hydrogen (secondary N) is 2. The minimum absolute atomic E-state index is 0.160. The van der Waals surface area contributed by atoms with Gasteiger partial charge in [-0.25, -0.2) is 4.79 Å². The highest BCUT2D eigenvalue weighted by atomic mass is 16.5. The average molecular weight is 241 g/mol. The van der Waals surface area contributed by atoms with Gasteiger partial charge in [0.25, 0.3) is 0 Å². The van der Waals surface area contributed by atoms with Crippen LogP contribution in [-0.4, -0.2) is 37.4 Å². The molecule has 0 aromatic carbocycles. The molecule has 0 aromatic heterocycles. The summed E-state index contributed by atoms with van der Waals surface area (Å²) in [6, 6.07) is 0.0718. The van der Waals surface area contributed by atoms with E-state index >= 15 is 0 Å². The highest BCUT2D eigenvalue weighted by Gasteiger charge is 2.39. The van der Waals surface area contributed by atoms with Crippen LogP contribution in [0.3, 0.4) is 0 Å². The maximum absolute atomic E-state index is 10.5. The number of amides is 2. The zero-order valence-corrected chi connectivity index (χ0v) is 10.3. The van der Waals surface area contributed by atoms with Crippen molar-refractivity contribution in [2.45, 2.75) is 50.2 Å². The number of urea groups is 1. The van der Waals surface area contributed by atoms with Crippen molar-refractivity contribution in [3.63, 3.8) is 0 Å². The molecule has 1 unspecified atom stereocenters. The standard InChI is InChI=1S/C12H23N3O2/c13-11(16)15-7-6-14-10-3-8-17-12(9-10)4-1-2-5-12/h10,14H,1-9H2,(H3,13,15,16). The second-order valence-corrected chi connectivity index (χ2v) is 5.17. The fraction of sp³-hybridized carbons (Fsp3) is 0.917. The Labute approximate surface area is 102 Å². The summed E-state index contributed by atoms with van der Waals surface area (Å²) in [6.45, 7) is 2.24. The van der Waals surface area contributed by atoms with Crippen molar-refractivity contribution in [1.82, 2.24) is 10.6 Å². The third-order valence-electron chi connectivity index (χ3n) is 3.86. The number of primary amides is 1. The van der Waals surface area contributed by atoms with Gasteiger partial charge in [-0.05, 0) is 25.7 Å². The number of hydrogen-bond acceptors (Lipinski definition) is 3. The van der Waals surface area contributed by atoms with Gasteiger partial charge in [-0.3, -0.25) is 0 Å². The maximum atomic E-state index is 10.5. The van der Waals surface area contributed by atoms with Gasteiger partial charge in [0.05, 0.1) is 5.60 Å². The summed E-state index contributed by atoms with van der Waals surface area (Å²) in [5, 5.41) is 6.07. The molecular weight excluding hydrogens is 218 g/mol. The minimum Gasteiger partial charge on any atom is -0.375 e. The van der Waals surface area contributed by atoms with Crippen LogP contribution in [0.25, 0.3) is 0 Å². The average Bonchev–Trinajstić information content (AvgIpc) is 2.73. The van der Waals surface area contributed by atoms with Crippen LogP contribution >= 0.6 is 0 Å². The first kappa shape index (κ1) is 12.6. The second-order valence-electron chi connectivity index (χ2n) is 5.17. The molecule has 1 atom stereocenters. The van der Waals surface area contributed by atoms with Gasteiger partial charge < -0.3 is 21.1 Å². The smallest absolute Gasteiger partial charge is 0.312 e. The van der Waals surface area contributed by atoms with Crippen molar-refractivity contribution in [1.29, 1.82) is 0 Å². The Hall–Kier alpha value is -0.810. The Kier molecular flexibility index (Phi) is 4.23. The molecule has 1 spiro atoms. The van der Waals surface area contributed by atoms with Gasteiger partial charge in [0.15, 0.2) is 0 Å². The van der Waals surface area contributed by atoms with Crippen LogP contribution in [0.5, 0.6) is 0 Å². The van der Waals surface area contributed by atoms with Crippen LogP contribution in [0.2, 0.25) is 0 Å². The van der Waals surface area contributed by atoms with Crippen molar-refractivity contribution in [3.8, 4) is 0 Å². The third kappa shape index (κ3) is 3.57. The highest BCUT2D eigenvalue weighted by Crippen LogP contribution is 2.39. The molecule has 1 saturated heterocycles. The van der Waals surface area contributed by atoms with Crippen LogP contribution < -0.4 is 16.4 Å². The van der Waals surface area contributed by atoms with Gasteiger partial charge in [0.2, 0.25) is 0 Å². The van der Waals surface area contributed by atoms with E-state index in [0.29, 0.717) is 12.6 Å². The predicted molar refractivity (Wildman–Crippen MR) is 65.8 cm³/mol. The second kappa shape index (κ2) is 5.69. The number of nitrogens with two attached hydrogens (primary N) is 1. The van der Waals surface area contributed by atoms with Crippen LogP contribution in [0.4, 0.5) is 4.79 Å². The van der Waals surface area contributed by atoms with E-state index in [-0.39, 0.29) is 5.60 Å². The molecule has 1 aliphatic heterocycles. The Balaban J connectivity index is 1.68. The van der Waals surface area contributed by atoms with Crippen molar-refractivity contribution in [3.05, 3.63) is 0 Å². The third-order valence-corrected chi connectivity index (χ3v) is 3.86.